The fourth-order valence-corrected chi connectivity index (χ4v) is 5.83. The summed E-state index contributed by atoms with van der Waals surface area (Å²) in [5, 5.41) is 10.9. The van der Waals surface area contributed by atoms with Gasteiger partial charge in [0.25, 0.3) is 11.1 Å². The lowest BCUT2D eigenvalue weighted by Crippen LogP contribution is -2.36. The second-order valence-electron chi connectivity index (χ2n) is 6.77. The highest BCUT2D eigenvalue weighted by Gasteiger charge is 2.36. The molecule has 1 saturated heterocycles. The molecule has 2 N–H and O–H groups in total. The van der Waals surface area contributed by atoms with E-state index in [0.717, 1.165) is 16.7 Å². The van der Waals surface area contributed by atoms with E-state index in [1.807, 2.05) is 52.1 Å². The van der Waals surface area contributed by atoms with Crippen molar-refractivity contribution in [2.24, 2.45) is 0 Å². The number of carbonyl (C=O) groups excluding carboxylic acids is 3. The Balaban J connectivity index is 1.68. The molecule has 9 nitrogen and oxygen atoms in total. The predicted molar refractivity (Wildman–Crippen MR) is 144 cm³/mol. The van der Waals surface area contributed by atoms with Crippen molar-refractivity contribution in [1.29, 1.82) is 0 Å². The molecule has 0 saturated carbocycles. The first kappa shape index (κ1) is 26.3. The minimum Gasteiger partial charge on any atom is -0.494 e. The van der Waals surface area contributed by atoms with Crippen LogP contribution in [0.15, 0.2) is 41.3 Å². The smallest absolute Gasteiger partial charge is 0.341 e. The number of rotatable bonds is 9. The number of halogens is 2. The van der Waals surface area contributed by atoms with Crippen molar-refractivity contribution in [1.82, 2.24) is 4.90 Å². The molecule has 3 amide bonds. The maximum atomic E-state index is 12.8. The molecule has 0 aromatic heterocycles. The Morgan fingerprint density at radius 2 is 1.76 bits per heavy atom. The number of anilines is 1. The largest absolute Gasteiger partial charge is 0.494 e. The van der Waals surface area contributed by atoms with E-state index in [9.17, 15) is 19.2 Å². The Kier molecular flexibility index (Phi) is 9.18. The van der Waals surface area contributed by atoms with Gasteiger partial charge in [-0.05, 0) is 112 Å². The molecule has 0 atom stereocenters. The zero-order valence-corrected chi connectivity index (χ0v) is 22.8. The van der Waals surface area contributed by atoms with Crippen LogP contribution < -0.4 is 14.8 Å². The minimum absolute atomic E-state index is 0.185. The van der Waals surface area contributed by atoms with Gasteiger partial charge in [-0.2, -0.15) is 0 Å². The van der Waals surface area contributed by atoms with Gasteiger partial charge in [-0.25, -0.2) is 4.79 Å². The predicted octanol–water partition coefficient (Wildman–Crippen LogP) is 4.43. The lowest BCUT2D eigenvalue weighted by molar-refractivity contribution is -0.139. The van der Waals surface area contributed by atoms with E-state index in [2.05, 4.69) is 5.32 Å². The van der Waals surface area contributed by atoms with E-state index in [0.29, 0.717) is 36.5 Å². The summed E-state index contributed by atoms with van der Waals surface area (Å²) in [6.45, 7) is 1.52. The Bertz CT molecular complexity index is 1150. The van der Waals surface area contributed by atoms with Crippen molar-refractivity contribution in [2.45, 2.75) is 6.92 Å². The lowest BCUT2D eigenvalue weighted by Gasteiger charge is -2.13. The highest BCUT2D eigenvalue weighted by molar-refractivity contribution is 14.1. The number of carboxylic acids is 1. The van der Waals surface area contributed by atoms with Gasteiger partial charge in [-0.15, -0.1) is 0 Å². The highest BCUT2D eigenvalue weighted by Crippen LogP contribution is 2.34. The Labute approximate surface area is 226 Å². The summed E-state index contributed by atoms with van der Waals surface area (Å²) in [6, 6.07) is 10.2. The Morgan fingerprint density at radius 1 is 1.12 bits per heavy atom. The SMILES string of the molecule is CCOc1ccc(NC(=O)CN2C(=O)S/C(=C/c3cc(I)c(OCC(=O)O)c(I)c3)C2=O)cc1. The van der Waals surface area contributed by atoms with Crippen LogP contribution in [0.5, 0.6) is 11.5 Å². The third kappa shape index (κ3) is 6.85. The van der Waals surface area contributed by atoms with Gasteiger partial charge in [0, 0.05) is 5.69 Å². The van der Waals surface area contributed by atoms with Gasteiger partial charge in [-0.3, -0.25) is 19.3 Å². The monoisotopic (exact) mass is 708 g/mol. The molecule has 34 heavy (non-hydrogen) atoms. The average Bonchev–Trinajstić information content (AvgIpc) is 3.02. The number of thioether (sulfide) groups is 1. The zero-order chi connectivity index (χ0) is 24.8. The van der Waals surface area contributed by atoms with Gasteiger partial charge in [0.2, 0.25) is 5.91 Å². The molecule has 3 rings (SSSR count). The van der Waals surface area contributed by atoms with Gasteiger partial charge in [-0.1, -0.05) is 0 Å². The van der Waals surface area contributed by atoms with Crippen molar-refractivity contribution in [3.8, 4) is 11.5 Å². The number of ether oxygens (including phenoxy) is 2. The van der Waals surface area contributed by atoms with Crippen LogP contribution in [0.2, 0.25) is 0 Å². The van der Waals surface area contributed by atoms with Gasteiger partial charge >= 0.3 is 5.97 Å². The molecular formula is C22H18I2N2O7S. The molecule has 1 aliphatic heterocycles. The van der Waals surface area contributed by atoms with Crippen molar-refractivity contribution >= 4 is 91.7 Å². The molecule has 1 aliphatic rings. The van der Waals surface area contributed by atoms with Crippen molar-refractivity contribution in [3.05, 3.63) is 54.0 Å². The van der Waals surface area contributed by atoms with E-state index in [1.165, 1.54) is 0 Å². The van der Waals surface area contributed by atoms with Crippen LogP contribution in [-0.4, -0.2) is 52.8 Å². The zero-order valence-electron chi connectivity index (χ0n) is 17.7. The maximum Gasteiger partial charge on any atom is 0.341 e. The van der Waals surface area contributed by atoms with Crippen LogP contribution in [0.1, 0.15) is 12.5 Å². The minimum atomic E-state index is -1.09. The topological polar surface area (TPSA) is 122 Å². The van der Waals surface area contributed by atoms with Gasteiger partial charge < -0.3 is 19.9 Å². The summed E-state index contributed by atoms with van der Waals surface area (Å²) >= 11 is 4.77. The molecule has 2 aromatic carbocycles. The standard InChI is InChI=1S/C22H18I2N2O7S/c1-2-32-14-5-3-13(4-6-14)25-18(27)10-26-21(30)17(34-22(26)31)9-12-7-15(23)20(16(24)8-12)33-11-19(28)29/h3-9H,2,10-11H2,1H3,(H,25,27)(H,28,29)/b17-9+. The molecule has 2 aromatic rings. The average molecular weight is 708 g/mol. The molecule has 0 bridgehead atoms. The fraction of sp³-hybridized carbons (Fsp3) is 0.182. The van der Waals surface area contributed by atoms with E-state index in [4.69, 9.17) is 14.6 Å². The number of amides is 3. The van der Waals surface area contributed by atoms with Crippen molar-refractivity contribution < 1.29 is 33.8 Å². The van der Waals surface area contributed by atoms with Gasteiger partial charge in [0.05, 0.1) is 18.7 Å². The number of aliphatic carboxylic acids is 1. The third-order valence-corrected chi connectivity index (χ3v) is 6.79. The molecule has 0 unspecified atom stereocenters. The molecule has 0 radical (unpaired) electrons. The van der Waals surface area contributed by atoms with E-state index < -0.39 is 36.2 Å². The fourth-order valence-electron chi connectivity index (χ4n) is 2.87. The Morgan fingerprint density at radius 3 is 2.35 bits per heavy atom. The normalized spacial score (nSPS) is 14.4. The number of hydrogen-bond acceptors (Lipinski definition) is 7. The summed E-state index contributed by atoms with van der Waals surface area (Å²) in [5.41, 5.74) is 1.16. The molecule has 178 valence electrons. The quantitative estimate of drug-likeness (QED) is 0.290. The number of imide groups is 1. The number of hydrogen-bond donors (Lipinski definition) is 2. The number of carbonyl (C=O) groups is 4. The summed E-state index contributed by atoms with van der Waals surface area (Å²) in [6.07, 6.45) is 1.56. The van der Waals surface area contributed by atoms with Crippen LogP contribution >= 0.6 is 56.9 Å². The number of carboxylic acid groups (broad SMARTS) is 1. The summed E-state index contributed by atoms with van der Waals surface area (Å²) in [5.74, 6) is -1.05. The second kappa shape index (κ2) is 11.9. The van der Waals surface area contributed by atoms with Gasteiger partial charge in [0.1, 0.15) is 18.0 Å². The van der Waals surface area contributed by atoms with E-state index >= 15 is 0 Å². The van der Waals surface area contributed by atoms with Crippen molar-refractivity contribution in [3.63, 3.8) is 0 Å². The maximum absolute atomic E-state index is 12.8. The van der Waals surface area contributed by atoms with Crippen LogP contribution in [-0.2, 0) is 14.4 Å². The van der Waals surface area contributed by atoms with Crippen molar-refractivity contribution in [2.75, 3.05) is 25.1 Å². The van der Waals surface area contributed by atoms with Crippen LogP contribution in [0, 0.1) is 7.14 Å². The molecular weight excluding hydrogens is 690 g/mol. The first-order valence-electron chi connectivity index (χ1n) is 9.79. The molecule has 0 spiro atoms. The van der Waals surface area contributed by atoms with Gasteiger partial charge in [0.15, 0.2) is 6.61 Å². The first-order chi connectivity index (χ1) is 16.2. The molecule has 0 aliphatic carbocycles. The molecule has 12 heteroatoms. The highest BCUT2D eigenvalue weighted by atomic mass is 127. The number of benzene rings is 2. The molecule has 1 fully saturated rings. The van der Waals surface area contributed by atoms with Crippen LogP contribution in [0.25, 0.3) is 6.08 Å². The second-order valence-corrected chi connectivity index (χ2v) is 10.1. The first-order valence-corrected chi connectivity index (χ1v) is 12.8. The molecule has 1 heterocycles. The summed E-state index contributed by atoms with van der Waals surface area (Å²) in [7, 11) is 0. The lowest BCUT2D eigenvalue weighted by atomic mass is 10.2. The van der Waals surface area contributed by atoms with Crippen LogP contribution in [0.4, 0.5) is 10.5 Å². The summed E-state index contributed by atoms with van der Waals surface area (Å²) in [4.78, 5) is 49.4. The number of nitrogens with one attached hydrogen (secondary N) is 1. The van der Waals surface area contributed by atoms with E-state index in [-0.39, 0.29) is 4.91 Å². The summed E-state index contributed by atoms with van der Waals surface area (Å²) < 4.78 is 12.0. The Hall–Kier alpha value is -2.33. The third-order valence-electron chi connectivity index (χ3n) is 4.28. The number of nitrogens with zero attached hydrogens (tertiary/aromatic N) is 1. The van der Waals surface area contributed by atoms with Crippen LogP contribution in [0.3, 0.4) is 0 Å². The van der Waals surface area contributed by atoms with E-state index in [1.54, 1.807) is 42.5 Å².